The zero-order chi connectivity index (χ0) is 13.0. The van der Waals surface area contributed by atoms with Crippen LogP contribution in [0, 0.1) is 0 Å². The molecule has 0 aliphatic heterocycles. The second-order valence-corrected chi connectivity index (χ2v) is 4.81. The molecular weight excluding hydrogens is 250 g/mol. The molecule has 1 N–H and O–H groups in total. The van der Waals surface area contributed by atoms with E-state index in [9.17, 15) is 5.11 Å². The van der Waals surface area contributed by atoms with E-state index in [0.29, 0.717) is 18.1 Å². The van der Waals surface area contributed by atoms with Crippen LogP contribution in [0.15, 0.2) is 29.9 Å². The molecular formula is C13H15NO3S. The minimum absolute atomic E-state index is 0.467. The molecule has 4 nitrogen and oxygen atoms in total. The zero-order valence-corrected chi connectivity index (χ0v) is 11.1. The van der Waals surface area contributed by atoms with Gasteiger partial charge >= 0.3 is 0 Å². The average Bonchev–Trinajstić information content (AvgIpc) is 2.89. The highest BCUT2D eigenvalue weighted by Gasteiger charge is 2.09. The van der Waals surface area contributed by atoms with E-state index in [2.05, 4.69) is 4.98 Å². The Balaban J connectivity index is 2.12. The van der Waals surface area contributed by atoms with E-state index in [4.69, 9.17) is 9.47 Å². The van der Waals surface area contributed by atoms with E-state index in [0.717, 1.165) is 10.4 Å². The molecule has 1 aromatic carbocycles. The van der Waals surface area contributed by atoms with Crippen LogP contribution in [0.1, 0.15) is 23.5 Å². The first kappa shape index (κ1) is 12.9. The lowest BCUT2D eigenvalue weighted by Gasteiger charge is -2.12. The van der Waals surface area contributed by atoms with Crippen molar-refractivity contribution in [3.63, 3.8) is 0 Å². The van der Waals surface area contributed by atoms with Crippen LogP contribution in [0.25, 0.3) is 0 Å². The largest absolute Gasteiger partial charge is 0.493 e. The van der Waals surface area contributed by atoms with E-state index in [1.54, 1.807) is 43.1 Å². The van der Waals surface area contributed by atoms with Gasteiger partial charge in [-0.15, -0.1) is 11.3 Å². The molecule has 0 saturated carbocycles. The van der Waals surface area contributed by atoms with E-state index in [-0.39, 0.29) is 0 Å². The molecule has 0 bridgehead atoms. The summed E-state index contributed by atoms with van der Waals surface area (Å²) in [4.78, 5) is 5.04. The Kier molecular flexibility index (Phi) is 4.17. The second-order valence-electron chi connectivity index (χ2n) is 3.84. The molecule has 0 radical (unpaired) electrons. The lowest BCUT2D eigenvalue weighted by molar-refractivity contribution is 0.198. The van der Waals surface area contributed by atoms with Gasteiger partial charge in [0.15, 0.2) is 11.5 Å². The molecule has 0 amide bonds. The highest BCUT2D eigenvalue weighted by Crippen LogP contribution is 2.31. The molecule has 2 aromatic rings. The molecule has 0 fully saturated rings. The van der Waals surface area contributed by atoms with Crippen LogP contribution in [0.5, 0.6) is 11.5 Å². The fourth-order valence-electron chi connectivity index (χ4n) is 1.53. The first-order chi connectivity index (χ1) is 8.70. The van der Waals surface area contributed by atoms with Gasteiger partial charge in [-0.2, -0.15) is 0 Å². The Morgan fingerprint density at radius 2 is 2.22 bits per heavy atom. The Bertz CT molecular complexity index is 497. The van der Waals surface area contributed by atoms with Crippen molar-refractivity contribution in [3.05, 3.63) is 40.3 Å². The fourth-order valence-corrected chi connectivity index (χ4v) is 2.03. The molecule has 0 aliphatic rings. The summed E-state index contributed by atoms with van der Waals surface area (Å²) in [6.07, 6.45) is 1.26. The SMILES string of the molecule is COc1cc([C@@H](C)O)ccc1OCc1cncs1. The van der Waals surface area contributed by atoms with E-state index < -0.39 is 6.10 Å². The number of rotatable bonds is 5. The summed E-state index contributed by atoms with van der Waals surface area (Å²) in [7, 11) is 1.58. The van der Waals surface area contributed by atoms with Gasteiger partial charge in [0.2, 0.25) is 0 Å². The summed E-state index contributed by atoms with van der Waals surface area (Å²) in [5.74, 6) is 1.29. The second kappa shape index (κ2) is 5.84. The maximum Gasteiger partial charge on any atom is 0.161 e. The third-order valence-corrected chi connectivity index (χ3v) is 3.28. The highest BCUT2D eigenvalue weighted by molar-refractivity contribution is 7.09. The number of ether oxygens (including phenoxy) is 2. The van der Waals surface area contributed by atoms with Crippen LogP contribution in [-0.2, 0) is 6.61 Å². The van der Waals surface area contributed by atoms with E-state index in [1.807, 2.05) is 12.1 Å². The first-order valence-electron chi connectivity index (χ1n) is 5.57. The Morgan fingerprint density at radius 1 is 1.39 bits per heavy atom. The van der Waals surface area contributed by atoms with Crippen LogP contribution in [0.3, 0.4) is 0 Å². The average molecular weight is 265 g/mol. The van der Waals surface area contributed by atoms with Crippen LogP contribution in [-0.4, -0.2) is 17.2 Å². The van der Waals surface area contributed by atoms with Crippen molar-refractivity contribution >= 4 is 11.3 Å². The molecule has 0 saturated heterocycles. The maximum atomic E-state index is 9.51. The number of aliphatic hydroxyl groups is 1. The molecule has 18 heavy (non-hydrogen) atoms. The number of benzene rings is 1. The van der Waals surface area contributed by atoms with Crippen LogP contribution >= 0.6 is 11.3 Å². The normalized spacial score (nSPS) is 12.2. The van der Waals surface area contributed by atoms with Crippen molar-refractivity contribution in [2.45, 2.75) is 19.6 Å². The number of methoxy groups -OCH3 is 1. The number of aromatic nitrogens is 1. The molecule has 0 unspecified atom stereocenters. The summed E-state index contributed by atoms with van der Waals surface area (Å²) < 4.78 is 10.9. The van der Waals surface area contributed by atoms with Crippen molar-refractivity contribution in [2.24, 2.45) is 0 Å². The maximum absolute atomic E-state index is 9.51. The summed E-state index contributed by atoms with van der Waals surface area (Å²) in [6, 6.07) is 5.42. The molecule has 0 aliphatic carbocycles. The lowest BCUT2D eigenvalue weighted by Crippen LogP contribution is -1.98. The molecule has 5 heteroatoms. The van der Waals surface area contributed by atoms with Crippen LogP contribution < -0.4 is 9.47 Å². The number of hydrogen-bond donors (Lipinski definition) is 1. The summed E-state index contributed by atoms with van der Waals surface area (Å²) in [5.41, 5.74) is 2.57. The van der Waals surface area contributed by atoms with Crippen molar-refractivity contribution in [1.82, 2.24) is 4.98 Å². The van der Waals surface area contributed by atoms with Gasteiger partial charge < -0.3 is 14.6 Å². The van der Waals surface area contributed by atoms with Gasteiger partial charge in [-0.1, -0.05) is 6.07 Å². The summed E-state index contributed by atoms with van der Waals surface area (Å²) in [5, 5.41) is 9.51. The van der Waals surface area contributed by atoms with Gasteiger partial charge in [-0.25, -0.2) is 0 Å². The highest BCUT2D eigenvalue weighted by atomic mass is 32.1. The van der Waals surface area contributed by atoms with Crippen molar-refractivity contribution in [2.75, 3.05) is 7.11 Å². The Morgan fingerprint density at radius 3 is 2.83 bits per heavy atom. The molecule has 2 rings (SSSR count). The number of aliphatic hydroxyl groups excluding tert-OH is 1. The lowest BCUT2D eigenvalue weighted by atomic mass is 10.1. The Hall–Kier alpha value is -1.59. The van der Waals surface area contributed by atoms with Crippen LogP contribution in [0.4, 0.5) is 0 Å². The van der Waals surface area contributed by atoms with Gasteiger partial charge in [-0.05, 0) is 24.6 Å². The Labute approximate surface area is 110 Å². The number of thiazole rings is 1. The quantitative estimate of drug-likeness (QED) is 0.903. The van der Waals surface area contributed by atoms with Gasteiger partial charge in [0.25, 0.3) is 0 Å². The fraction of sp³-hybridized carbons (Fsp3) is 0.308. The van der Waals surface area contributed by atoms with Gasteiger partial charge in [0.05, 0.1) is 23.6 Å². The monoisotopic (exact) mass is 265 g/mol. The third kappa shape index (κ3) is 3.00. The molecule has 0 spiro atoms. The standard InChI is InChI=1S/C13H15NO3S/c1-9(15)10-3-4-12(13(5-10)16-2)17-7-11-6-14-8-18-11/h3-6,8-9,15H,7H2,1-2H3/t9-/m1/s1. The third-order valence-electron chi connectivity index (χ3n) is 2.52. The smallest absolute Gasteiger partial charge is 0.161 e. The van der Waals surface area contributed by atoms with Gasteiger partial charge in [-0.3, -0.25) is 4.98 Å². The number of hydrogen-bond acceptors (Lipinski definition) is 5. The topological polar surface area (TPSA) is 51.6 Å². The van der Waals surface area contributed by atoms with Gasteiger partial charge in [0.1, 0.15) is 6.61 Å². The van der Waals surface area contributed by atoms with E-state index in [1.165, 1.54) is 0 Å². The summed E-state index contributed by atoms with van der Waals surface area (Å²) in [6.45, 7) is 2.18. The van der Waals surface area contributed by atoms with Crippen molar-refractivity contribution < 1.29 is 14.6 Å². The van der Waals surface area contributed by atoms with E-state index >= 15 is 0 Å². The molecule has 96 valence electrons. The van der Waals surface area contributed by atoms with Crippen molar-refractivity contribution in [3.8, 4) is 11.5 Å². The molecule has 1 atom stereocenters. The summed E-state index contributed by atoms with van der Waals surface area (Å²) >= 11 is 1.55. The molecule has 1 aromatic heterocycles. The minimum atomic E-state index is -0.519. The zero-order valence-electron chi connectivity index (χ0n) is 10.3. The minimum Gasteiger partial charge on any atom is -0.493 e. The molecule has 1 heterocycles. The van der Waals surface area contributed by atoms with Gasteiger partial charge in [0, 0.05) is 6.20 Å². The predicted molar refractivity (Wildman–Crippen MR) is 70.1 cm³/mol. The first-order valence-corrected chi connectivity index (χ1v) is 6.45. The van der Waals surface area contributed by atoms with Crippen LogP contribution in [0.2, 0.25) is 0 Å². The predicted octanol–water partition coefficient (Wildman–Crippen LogP) is 2.78. The number of nitrogens with zero attached hydrogens (tertiary/aromatic N) is 1. The van der Waals surface area contributed by atoms with Crippen molar-refractivity contribution in [1.29, 1.82) is 0 Å².